The van der Waals surface area contributed by atoms with Crippen LogP contribution in [0, 0.1) is 5.92 Å². The van der Waals surface area contributed by atoms with Gasteiger partial charge in [-0.05, 0) is 46.0 Å². The van der Waals surface area contributed by atoms with Crippen molar-refractivity contribution in [2.45, 2.75) is 77.7 Å². The Morgan fingerprint density at radius 1 is 1.08 bits per heavy atom. The number of aliphatic imine (C=N–C) groups is 1. The maximum Gasteiger partial charge on any atom is 0.193 e. The van der Waals surface area contributed by atoms with Crippen LogP contribution in [0.25, 0.3) is 0 Å². The van der Waals surface area contributed by atoms with E-state index in [2.05, 4.69) is 24.1 Å². The molecule has 0 aromatic heterocycles. The van der Waals surface area contributed by atoms with E-state index in [0.717, 1.165) is 64.8 Å². The highest BCUT2D eigenvalue weighted by molar-refractivity contribution is 5.80. The Morgan fingerprint density at radius 3 is 2.62 bits per heavy atom. The first kappa shape index (κ1) is 21.5. The summed E-state index contributed by atoms with van der Waals surface area (Å²) in [6, 6.07) is 0. The molecule has 2 aliphatic rings. The van der Waals surface area contributed by atoms with Crippen LogP contribution in [0.3, 0.4) is 0 Å². The molecule has 0 aromatic carbocycles. The molecular formula is C21H41N3O2. The lowest BCUT2D eigenvalue weighted by Gasteiger charge is -2.21. The van der Waals surface area contributed by atoms with Crippen LogP contribution in [0.1, 0.15) is 71.6 Å². The number of hydrogen-bond donors (Lipinski definition) is 1. The average Bonchev–Trinajstić information content (AvgIpc) is 2.97. The molecule has 5 nitrogen and oxygen atoms in total. The SMILES string of the molecule is CCNC(=NCCCCOC1CCCCCC1)N1CCC(COCC)C1. The van der Waals surface area contributed by atoms with Gasteiger partial charge in [-0.25, -0.2) is 0 Å². The first-order valence-corrected chi connectivity index (χ1v) is 11.1. The Kier molecular flexibility index (Phi) is 11.1. The van der Waals surface area contributed by atoms with Gasteiger partial charge >= 0.3 is 0 Å². The van der Waals surface area contributed by atoms with Gasteiger partial charge in [0, 0.05) is 45.3 Å². The molecule has 0 spiro atoms. The number of hydrogen-bond acceptors (Lipinski definition) is 3. The van der Waals surface area contributed by atoms with Crippen molar-refractivity contribution in [1.29, 1.82) is 0 Å². The summed E-state index contributed by atoms with van der Waals surface area (Å²) in [5.41, 5.74) is 0. The van der Waals surface area contributed by atoms with Gasteiger partial charge < -0.3 is 19.7 Å². The highest BCUT2D eigenvalue weighted by atomic mass is 16.5. The number of unbranched alkanes of at least 4 members (excludes halogenated alkanes) is 1. The number of nitrogens with one attached hydrogen (secondary N) is 1. The molecule has 0 aromatic rings. The Balaban J connectivity index is 1.62. The summed E-state index contributed by atoms with van der Waals surface area (Å²) in [4.78, 5) is 7.24. The van der Waals surface area contributed by atoms with Crippen molar-refractivity contribution >= 4 is 5.96 Å². The second-order valence-corrected chi connectivity index (χ2v) is 7.69. The van der Waals surface area contributed by atoms with Crippen LogP contribution >= 0.6 is 0 Å². The van der Waals surface area contributed by atoms with Crippen molar-refractivity contribution in [3.63, 3.8) is 0 Å². The fourth-order valence-electron chi connectivity index (χ4n) is 3.93. The van der Waals surface area contributed by atoms with E-state index < -0.39 is 0 Å². The Morgan fingerprint density at radius 2 is 1.88 bits per heavy atom. The summed E-state index contributed by atoms with van der Waals surface area (Å²) in [6.07, 6.45) is 12.0. The van der Waals surface area contributed by atoms with Gasteiger partial charge in [-0.15, -0.1) is 0 Å². The van der Waals surface area contributed by atoms with Gasteiger partial charge in [0.1, 0.15) is 0 Å². The minimum Gasteiger partial charge on any atom is -0.381 e. The number of likely N-dealkylation sites (tertiary alicyclic amines) is 1. The zero-order chi connectivity index (χ0) is 18.5. The van der Waals surface area contributed by atoms with Gasteiger partial charge in [-0.1, -0.05) is 25.7 Å². The highest BCUT2D eigenvalue weighted by Gasteiger charge is 2.24. The third kappa shape index (κ3) is 8.26. The molecule has 1 unspecified atom stereocenters. The summed E-state index contributed by atoms with van der Waals surface area (Å²) in [5.74, 6) is 1.72. The number of guanidine groups is 1. The number of rotatable bonds is 10. The van der Waals surface area contributed by atoms with E-state index in [-0.39, 0.29) is 0 Å². The number of nitrogens with zero attached hydrogens (tertiary/aromatic N) is 2. The molecule has 1 N–H and O–H groups in total. The third-order valence-corrected chi connectivity index (χ3v) is 5.45. The quantitative estimate of drug-likeness (QED) is 0.276. The highest BCUT2D eigenvalue weighted by Crippen LogP contribution is 2.20. The lowest BCUT2D eigenvalue weighted by molar-refractivity contribution is 0.0412. The summed E-state index contributed by atoms with van der Waals surface area (Å²) in [5, 5.41) is 3.45. The molecule has 0 amide bonds. The minimum atomic E-state index is 0.519. The third-order valence-electron chi connectivity index (χ3n) is 5.45. The Bertz CT molecular complexity index is 381. The fraction of sp³-hybridized carbons (Fsp3) is 0.952. The molecule has 2 rings (SSSR count). The monoisotopic (exact) mass is 367 g/mol. The van der Waals surface area contributed by atoms with Crippen molar-refractivity contribution in [2.75, 3.05) is 46.0 Å². The van der Waals surface area contributed by atoms with Crippen molar-refractivity contribution in [1.82, 2.24) is 10.2 Å². The van der Waals surface area contributed by atoms with E-state index in [9.17, 15) is 0 Å². The van der Waals surface area contributed by atoms with Crippen LogP contribution in [0.15, 0.2) is 4.99 Å². The second-order valence-electron chi connectivity index (χ2n) is 7.69. The normalized spacial score (nSPS) is 22.6. The first-order chi connectivity index (χ1) is 12.8. The van der Waals surface area contributed by atoms with Crippen molar-refractivity contribution in [3.8, 4) is 0 Å². The van der Waals surface area contributed by atoms with Crippen LogP contribution < -0.4 is 5.32 Å². The van der Waals surface area contributed by atoms with E-state index >= 15 is 0 Å². The van der Waals surface area contributed by atoms with Gasteiger partial charge in [0.15, 0.2) is 5.96 Å². The molecule has 152 valence electrons. The van der Waals surface area contributed by atoms with Crippen molar-refractivity contribution < 1.29 is 9.47 Å². The molecule has 0 radical (unpaired) electrons. The predicted octanol–water partition coefficient (Wildman–Crippen LogP) is 3.83. The predicted molar refractivity (Wildman–Crippen MR) is 109 cm³/mol. The van der Waals surface area contributed by atoms with E-state index in [1.165, 1.54) is 44.9 Å². The zero-order valence-electron chi connectivity index (χ0n) is 17.2. The van der Waals surface area contributed by atoms with Gasteiger partial charge in [-0.3, -0.25) is 4.99 Å². The summed E-state index contributed by atoms with van der Waals surface area (Å²) >= 11 is 0. The average molecular weight is 368 g/mol. The van der Waals surface area contributed by atoms with Gasteiger partial charge in [0.05, 0.1) is 12.7 Å². The molecule has 1 saturated carbocycles. The molecule has 1 aliphatic heterocycles. The summed E-state index contributed by atoms with van der Waals surface area (Å²) in [6.45, 7) is 10.8. The van der Waals surface area contributed by atoms with Gasteiger partial charge in [0.2, 0.25) is 0 Å². The lowest BCUT2D eigenvalue weighted by Crippen LogP contribution is -2.40. The van der Waals surface area contributed by atoms with Crippen LogP contribution in [-0.2, 0) is 9.47 Å². The fourth-order valence-corrected chi connectivity index (χ4v) is 3.93. The zero-order valence-corrected chi connectivity index (χ0v) is 17.2. The van der Waals surface area contributed by atoms with E-state index in [1.807, 2.05) is 0 Å². The Hall–Kier alpha value is -0.810. The molecule has 2 fully saturated rings. The largest absolute Gasteiger partial charge is 0.381 e. The molecular weight excluding hydrogens is 326 g/mol. The standard InChI is InChI=1S/C21H41N3O2/c1-3-22-21(24-15-13-19(17-24)18-25-4-2)23-14-9-10-16-26-20-11-7-5-6-8-12-20/h19-20H,3-18H2,1-2H3,(H,22,23). The van der Waals surface area contributed by atoms with E-state index in [0.29, 0.717) is 12.0 Å². The molecule has 5 heteroatoms. The van der Waals surface area contributed by atoms with Crippen LogP contribution in [-0.4, -0.2) is 63.0 Å². The van der Waals surface area contributed by atoms with Crippen molar-refractivity contribution in [2.24, 2.45) is 10.9 Å². The van der Waals surface area contributed by atoms with Gasteiger partial charge in [-0.2, -0.15) is 0 Å². The number of ether oxygens (including phenoxy) is 2. The molecule has 1 aliphatic carbocycles. The maximum atomic E-state index is 6.08. The van der Waals surface area contributed by atoms with Crippen LogP contribution in [0.2, 0.25) is 0 Å². The lowest BCUT2D eigenvalue weighted by atomic mass is 10.1. The molecule has 1 atom stereocenters. The van der Waals surface area contributed by atoms with Crippen molar-refractivity contribution in [3.05, 3.63) is 0 Å². The second kappa shape index (κ2) is 13.4. The topological polar surface area (TPSA) is 46.1 Å². The molecule has 26 heavy (non-hydrogen) atoms. The van der Waals surface area contributed by atoms with E-state index in [1.54, 1.807) is 0 Å². The van der Waals surface area contributed by atoms with Crippen LogP contribution in [0.5, 0.6) is 0 Å². The summed E-state index contributed by atoms with van der Waals surface area (Å²) < 4.78 is 11.7. The smallest absolute Gasteiger partial charge is 0.193 e. The molecule has 0 bridgehead atoms. The van der Waals surface area contributed by atoms with Crippen LogP contribution in [0.4, 0.5) is 0 Å². The van der Waals surface area contributed by atoms with Gasteiger partial charge in [0.25, 0.3) is 0 Å². The molecule has 1 saturated heterocycles. The van der Waals surface area contributed by atoms with E-state index in [4.69, 9.17) is 14.5 Å². The Labute approximate surface area is 160 Å². The molecule has 1 heterocycles. The maximum absolute atomic E-state index is 6.08. The minimum absolute atomic E-state index is 0.519. The summed E-state index contributed by atoms with van der Waals surface area (Å²) in [7, 11) is 0. The first-order valence-electron chi connectivity index (χ1n) is 11.1.